The third-order valence-electron chi connectivity index (χ3n) is 2.78. The van der Waals surface area contributed by atoms with Crippen LogP contribution in [-0.2, 0) is 4.79 Å². The van der Waals surface area contributed by atoms with Crippen LogP contribution in [0.5, 0.6) is 0 Å². The second-order valence-electron chi connectivity index (χ2n) is 3.94. The number of carboxylic acid groups (broad SMARTS) is 1. The smallest absolute Gasteiger partial charge is 0.336 e. The Morgan fingerprint density at radius 2 is 2.16 bits per heavy atom. The molecule has 1 saturated heterocycles. The summed E-state index contributed by atoms with van der Waals surface area (Å²) < 4.78 is 0. The molecule has 0 unspecified atom stereocenters. The Morgan fingerprint density at radius 1 is 1.42 bits per heavy atom. The van der Waals surface area contributed by atoms with Gasteiger partial charge in [0.25, 0.3) is 0 Å². The summed E-state index contributed by atoms with van der Waals surface area (Å²) in [6.45, 7) is 0.252. The highest BCUT2D eigenvalue weighted by Gasteiger charge is 2.25. The van der Waals surface area contributed by atoms with Crippen LogP contribution in [0.2, 0.25) is 0 Å². The summed E-state index contributed by atoms with van der Waals surface area (Å²) in [7, 11) is 0. The van der Waals surface area contributed by atoms with E-state index in [0.29, 0.717) is 10.6 Å². The second-order valence-corrected chi connectivity index (χ2v) is 4.79. The number of hydrogen-bond acceptors (Lipinski definition) is 4. The Hall–Kier alpha value is -2.02. The van der Waals surface area contributed by atoms with Gasteiger partial charge in [0.15, 0.2) is 0 Å². The van der Waals surface area contributed by atoms with Gasteiger partial charge in [-0.25, -0.2) is 9.59 Å². The molecule has 1 aromatic rings. The molecule has 0 radical (unpaired) electrons. The number of rotatable bonds is 3. The van der Waals surface area contributed by atoms with Gasteiger partial charge in [-0.15, -0.1) is 11.8 Å². The molecule has 0 aliphatic carbocycles. The lowest BCUT2D eigenvalue weighted by molar-refractivity contribution is -0.120. The van der Waals surface area contributed by atoms with Crippen molar-refractivity contribution in [2.45, 2.75) is 11.3 Å². The van der Waals surface area contributed by atoms with Gasteiger partial charge in [-0.3, -0.25) is 15.0 Å². The van der Waals surface area contributed by atoms with Crippen LogP contribution in [0.3, 0.4) is 0 Å². The van der Waals surface area contributed by atoms with Crippen LogP contribution >= 0.6 is 11.8 Å². The molecule has 6 nitrogen and oxygen atoms in total. The number of nitrogens with one attached hydrogen (secondary N) is 1. The van der Waals surface area contributed by atoms with E-state index in [1.807, 2.05) is 0 Å². The van der Waals surface area contributed by atoms with E-state index in [9.17, 15) is 14.4 Å². The molecule has 0 aromatic heterocycles. The number of carbonyl (C=O) groups excluding carboxylic acids is 2. The van der Waals surface area contributed by atoms with Crippen molar-refractivity contribution in [3.05, 3.63) is 23.8 Å². The summed E-state index contributed by atoms with van der Waals surface area (Å²) in [6.07, 6.45) is 1.99. The number of thioether (sulfide) groups is 1. The van der Waals surface area contributed by atoms with Crippen LogP contribution in [-0.4, -0.2) is 35.8 Å². The highest BCUT2D eigenvalue weighted by Crippen LogP contribution is 2.26. The number of anilines is 1. The van der Waals surface area contributed by atoms with E-state index in [1.165, 1.54) is 22.7 Å². The van der Waals surface area contributed by atoms with Crippen molar-refractivity contribution in [3.8, 4) is 0 Å². The molecule has 2 N–H and O–H groups in total. The van der Waals surface area contributed by atoms with Crippen molar-refractivity contribution in [1.82, 2.24) is 5.32 Å². The number of amides is 3. The Balaban J connectivity index is 2.35. The average Bonchev–Trinajstić information content (AvgIpc) is 2.38. The van der Waals surface area contributed by atoms with Crippen molar-refractivity contribution in [2.75, 3.05) is 17.7 Å². The first-order valence-electron chi connectivity index (χ1n) is 5.55. The molecule has 0 saturated carbocycles. The fourth-order valence-electron chi connectivity index (χ4n) is 1.84. The van der Waals surface area contributed by atoms with Crippen molar-refractivity contribution in [2.24, 2.45) is 0 Å². The molecule has 2 rings (SSSR count). The van der Waals surface area contributed by atoms with E-state index < -0.39 is 12.0 Å². The standard InChI is InChI=1S/C12H12N2O4S/c1-19-9-3-2-7(6-8(9)11(16)17)14-5-4-10(15)13-12(14)18/h2-3,6H,4-5H2,1H3,(H,16,17)(H,13,15,18). The van der Waals surface area contributed by atoms with Gasteiger partial charge in [0, 0.05) is 23.5 Å². The zero-order valence-electron chi connectivity index (χ0n) is 10.2. The number of hydrogen-bond donors (Lipinski definition) is 2. The molecule has 1 aliphatic rings. The third kappa shape index (κ3) is 2.70. The average molecular weight is 280 g/mol. The minimum absolute atomic E-state index is 0.148. The molecule has 1 heterocycles. The fourth-order valence-corrected chi connectivity index (χ4v) is 2.41. The third-order valence-corrected chi connectivity index (χ3v) is 3.57. The first kappa shape index (κ1) is 13.4. The van der Waals surface area contributed by atoms with E-state index in [4.69, 9.17) is 5.11 Å². The maximum Gasteiger partial charge on any atom is 0.336 e. The molecule has 1 fully saturated rings. The number of carboxylic acids is 1. The molecule has 7 heteroatoms. The van der Waals surface area contributed by atoms with Gasteiger partial charge in [0.05, 0.1) is 5.56 Å². The van der Waals surface area contributed by atoms with Gasteiger partial charge in [-0.05, 0) is 24.5 Å². The summed E-state index contributed by atoms with van der Waals surface area (Å²) in [4.78, 5) is 35.9. The maximum atomic E-state index is 11.7. The molecule has 0 bridgehead atoms. The number of urea groups is 1. The van der Waals surface area contributed by atoms with Gasteiger partial charge >= 0.3 is 12.0 Å². The molecular weight excluding hydrogens is 268 g/mol. The normalized spacial score (nSPS) is 15.3. The molecule has 0 atom stereocenters. The van der Waals surface area contributed by atoms with Crippen LogP contribution < -0.4 is 10.2 Å². The summed E-state index contributed by atoms with van der Waals surface area (Å²) in [5, 5.41) is 11.3. The predicted molar refractivity (Wildman–Crippen MR) is 70.7 cm³/mol. The van der Waals surface area contributed by atoms with E-state index in [-0.39, 0.29) is 24.4 Å². The highest BCUT2D eigenvalue weighted by molar-refractivity contribution is 7.98. The van der Waals surface area contributed by atoms with E-state index >= 15 is 0 Å². The first-order chi connectivity index (χ1) is 9.02. The van der Waals surface area contributed by atoms with E-state index in [1.54, 1.807) is 18.4 Å². The van der Waals surface area contributed by atoms with Gasteiger partial charge < -0.3 is 5.11 Å². The molecule has 3 amide bonds. The molecular formula is C12H12N2O4S. The lowest BCUT2D eigenvalue weighted by Gasteiger charge is -2.27. The molecule has 1 aromatic carbocycles. The molecule has 0 spiro atoms. The monoisotopic (exact) mass is 280 g/mol. The number of aromatic carboxylic acids is 1. The summed E-state index contributed by atoms with van der Waals surface area (Å²) in [5.41, 5.74) is 0.620. The Bertz CT molecular complexity index is 559. The van der Waals surface area contributed by atoms with Crippen molar-refractivity contribution >= 4 is 35.4 Å². The number of nitrogens with zero attached hydrogens (tertiary/aromatic N) is 1. The maximum absolute atomic E-state index is 11.7. The van der Waals surface area contributed by atoms with E-state index in [2.05, 4.69) is 5.32 Å². The topological polar surface area (TPSA) is 86.7 Å². The first-order valence-corrected chi connectivity index (χ1v) is 6.78. The SMILES string of the molecule is CSc1ccc(N2CCC(=O)NC2=O)cc1C(=O)O. The van der Waals surface area contributed by atoms with Crippen LogP contribution in [0.15, 0.2) is 23.1 Å². The number of imide groups is 1. The summed E-state index contributed by atoms with van der Waals surface area (Å²) >= 11 is 1.33. The fraction of sp³-hybridized carbons (Fsp3) is 0.250. The lowest BCUT2D eigenvalue weighted by Crippen LogP contribution is -2.49. The van der Waals surface area contributed by atoms with E-state index in [0.717, 1.165) is 0 Å². The predicted octanol–water partition coefficient (Wildman–Crippen LogP) is 1.55. The minimum atomic E-state index is -1.04. The van der Waals surface area contributed by atoms with Gasteiger partial charge in [-0.1, -0.05) is 0 Å². The van der Waals surface area contributed by atoms with Crippen LogP contribution in [0.25, 0.3) is 0 Å². The summed E-state index contributed by atoms with van der Waals surface area (Å²) in [6, 6.07) is 4.26. The Kier molecular flexibility index (Phi) is 3.75. The summed E-state index contributed by atoms with van der Waals surface area (Å²) in [5.74, 6) is -1.36. The van der Waals surface area contributed by atoms with Crippen LogP contribution in [0.4, 0.5) is 10.5 Å². The van der Waals surface area contributed by atoms with Crippen molar-refractivity contribution in [3.63, 3.8) is 0 Å². The lowest BCUT2D eigenvalue weighted by atomic mass is 10.1. The van der Waals surface area contributed by atoms with Gasteiger partial charge in [0.2, 0.25) is 5.91 Å². The number of benzene rings is 1. The Labute approximate surface area is 113 Å². The quantitative estimate of drug-likeness (QED) is 0.820. The molecule has 19 heavy (non-hydrogen) atoms. The highest BCUT2D eigenvalue weighted by atomic mass is 32.2. The Morgan fingerprint density at radius 3 is 2.74 bits per heavy atom. The van der Waals surface area contributed by atoms with Crippen LogP contribution in [0.1, 0.15) is 16.8 Å². The second kappa shape index (κ2) is 5.31. The molecule has 100 valence electrons. The largest absolute Gasteiger partial charge is 0.478 e. The van der Waals surface area contributed by atoms with Crippen molar-refractivity contribution in [1.29, 1.82) is 0 Å². The van der Waals surface area contributed by atoms with Crippen LogP contribution in [0, 0.1) is 0 Å². The molecule has 1 aliphatic heterocycles. The minimum Gasteiger partial charge on any atom is -0.478 e. The zero-order chi connectivity index (χ0) is 14.0. The number of carbonyl (C=O) groups is 3. The zero-order valence-corrected chi connectivity index (χ0v) is 11.0. The van der Waals surface area contributed by atoms with Crippen molar-refractivity contribution < 1.29 is 19.5 Å². The van der Waals surface area contributed by atoms with Gasteiger partial charge in [0.1, 0.15) is 0 Å². The van der Waals surface area contributed by atoms with Gasteiger partial charge in [-0.2, -0.15) is 0 Å².